The Labute approximate surface area is 145 Å². The molecule has 0 saturated heterocycles. The zero-order valence-electron chi connectivity index (χ0n) is 13.2. The van der Waals surface area contributed by atoms with Gasteiger partial charge in [0.05, 0.1) is 17.8 Å². The Kier molecular flexibility index (Phi) is 4.65. The highest BCUT2D eigenvalue weighted by molar-refractivity contribution is 5.86. The number of rotatable bonds is 3. The van der Waals surface area contributed by atoms with Gasteiger partial charge < -0.3 is 26.1 Å². The molecular formula is C16H15N3O7. The van der Waals surface area contributed by atoms with Gasteiger partial charge in [-0.1, -0.05) is 18.2 Å². The van der Waals surface area contributed by atoms with Crippen LogP contribution in [0.15, 0.2) is 29.2 Å². The summed E-state index contributed by atoms with van der Waals surface area (Å²) < 4.78 is 1.47. The second-order valence-electron chi connectivity index (χ2n) is 5.59. The van der Waals surface area contributed by atoms with Crippen molar-refractivity contribution >= 4 is 17.6 Å². The molecule has 0 fully saturated rings. The Balaban J connectivity index is 0.00000121. The van der Waals surface area contributed by atoms with Crippen LogP contribution in [0.1, 0.15) is 27.3 Å². The van der Waals surface area contributed by atoms with Gasteiger partial charge in [0.15, 0.2) is 5.69 Å². The largest absolute Gasteiger partial charge is 0.481 e. The van der Waals surface area contributed by atoms with E-state index >= 15 is 0 Å². The highest BCUT2D eigenvalue weighted by Crippen LogP contribution is 2.36. The SMILES string of the molecule is O.O.O=C(O)Cc1cccc2c1Cc1c-2[nH]c(=O)c2nc(C(=O)O)cn12. The number of aromatic nitrogens is 3. The molecule has 0 bridgehead atoms. The molecule has 3 aromatic rings. The van der Waals surface area contributed by atoms with E-state index in [1.807, 2.05) is 6.07 Å². The number of benzene rings is 1. The van der Waals surface area contributed by atoms with Crippen LogP contribution in [0, 0.1) is 0 Å². The highest BCUT2D eigenvalue weighted by atomic mass is 16.4. The molecule has 0 unspecified atom stereocenters. The van der Waals surface area contributed by atoms with E-state index in [9.17, 15) is 14.4 Å². The van der Waals surface area contributed by atoms with Crippen LogP contribution in [0.2, 0.25) is 0 Å². The Hall–Kier alpha value is -3.50. The van der Waals surface area contributed by atoms with E-state index in [2.05, 4.69) is 9.97 Å². The predicted octanol–water partition coefficient (Wildman–Crippen LogP) is -0.730. The van der Waals surface area contributed by atoms with Gasteiger partial charge in [0.1, 0.15) is 0 Å². The first-order chi connectivity index (χ1) is 11.5. The summed E-state index contributed by atoms with van der Waals surface area (Å²) in [5.41, 5.74) is 2.83. The third kappa shape index (κ3) is 2.62. The number of carboxylic acid groups (broad SMARTS) is 2. The molecule has 1 aliphatic carbocycles. The van der Waals surface area contributed by atoms with Gasteiger partial charge in [-0.15, -0.1) is 0 Å². The van der Waals surface area contributed by atoms with E-state index < -0.39 is 17.5 Å². The summed E-state index contributed by atoms with van der Waals surface area (Å²) >= 11 is 0. The molecule has 2 aromatic heterocycles. The lowest BCUT2D eigenvalue weighted by molar-refractivity contribution is -0.136. The minimum absolute atomic E-state index is 0. The molecule has 4 rings (SSSR count). The number of aromatic carboxylic acids is 1. The Morgan fingerprint density at radius 2 is 1.96 bits per heavy atom. The van der Waals surface area contributed by atoms with Crippen LogP contribution in [-0.4, -0.2) is 47.5 Å². The Bertz CT molecular complexity index is 1100. The first-order valence-electron chi connectivity index (χ1n) is 7.16. The fraction of sp³-hybridized carbons (Fsp3) is 0.125. The lowest BCUT2D eigenvalue weighted by Crippen LogP contribution is -2.13. The van der Waals surface area contributed by atoms with Crippen molar-refractivity contribution in [2.75, 3.05) is 0 Å². The molecule has 0 aliphatic heterocycles. The second-order valence-corrected chi connectivity index (χ2v) is 5.59. The number of hydrogen-bond acceptors (Lipinski definition) is 4. The molecular weight excluding hydrogens is 346 g/mol. The molecule has 10 heteroatoms. The zero-order chi connectivity index (χ0) is 17.0. The highest BCUT2D eigenvalue weighted by Gasteiger charge is 2.27. The summed E-state index contributed by atoms with van der Waals surface area (Å²) in [7, 11) is 0. The molecule has 0 atom stereocenters. The van der Waals surface area contributed by atoms with Crippen molar-refractivity contribution in [2.24, 2.45) is 0 Å². The summed E-state index contributed by atoms with van der Waals surface area (Å²) in [6.45, 7) is 0. The molecule has 26 heavy (non-hydrogen) atoms. The average Bonchev–Trinajstić information content (AvgIpc) is 3.10. The van der Waals surface area contributed by atoms with E-state index in [1.165, 1.54) is 10.6 Å². The third-order valence-corrected chi connectivity index (χ3v) is 4.17. The normalized spacial score (nSPS) is 11.2. The van der Waals surface area contributed by atoms with Crippen molar-refractivity contribution in [2.45, 2.75) is 12.8 Å². The van der Waals surface area contributed by atoms with Crippen LogP contribution in [0.25, 0.3) is 16.9 Å². The molecule has 10 nitrogen and oxygen atoms in total. The van der Waals surface area contributed by atoms with E-state index in [1.54, 1.807) is 12.1 Å². The molecule has 1 aromatic carbocycles. The summed E-state index contributed by atoms with van der Waals surface area (Å²) in [5, 5.41) is 18.1. The van der Waals surface area contributed by atoms with Crippen LogP contribution in [0.3, 0.4) is 0 Å². The monoisotopic (exact) mass is 361 g/mol. The average molecular weight is 361 g/mol. The first-order valence-corrected chi connectivity index (χ1v) is 7.16. The maximum atomic E-state index is 12.2. The summed E-state index contributed by atoms with van der Waals surface area (Å²) in [6.07, 6.45) is 1.60. The van der Waals surface area contributed by atoms with Crippen LogP contribution < -0.4 is 5.56 Å². The van der Waals surface area contributed by atoms with Gasteiger partial charge in [-0.2, -0.15) is 0 Å². The van der Waals surface area contributed by atoms with Crippen LogP contribution in [-0.2, 0) is 17.6 Å². The van der Waals surface area contributed by atoms with Gasteiger partial charge in [0.25, 0.3) is 5.56 Å². The third-order valence-electron chi connectivity index (χ3n) is 4.17. The fourth-order valence-corrected chi connectivity index (χ4v) is 3.18. The van der Waals surface area contributed by atoms with Crippen molar-refractivity contribution in [3.8, 4) is 11.3 Å². The smallest absolute Gasteiger partial charge is 0.356 e. The van der Waals surface area contributed by atoms with E-state index in [-0.39, 0.29) is 28.7 Å². The number of H-pyrrole nitrogens is 1. The van der Waals surface area contributed by atoms with Crippen molar-refractivity contribution < 1.29 is 30.8 Å². The minimum atomic E-state index is -1.21. The molecule has 2 heterocycles. The Morgan fingerprint density at radius 1 is 1.23 bits per heavy atom. The molecule has 0 saturated carbocycles. The first kappa shape index (κ1) is 18.8. The van der Waals surface area contributed by atoms with Gasteiger partial charge >= 0.3 is 11.9 Å². The molecule has 1 aliphatic rings. The number of aliphatic carboxylic acids is 1. The molecule has 0 amide bonds. The molecule has 136 valence electrons. The number of hydrogen-bond donors (Lipinski definition) is 3. The van der Waals surface area contributed by atoms with Gasteiger partial charge in [0, 0.05) is 18.2 Å². The topological polar surface area (TPSA) is 188 Å². The maximum Gasteiger partial charge on any atom is 0.356 e. The van der Waals surface area contributed by atoms with Crippen molar-refractivity contribution in [3.63, 3.8) is 0 Å². The molecule has 7 N–H and O–H groups in total. The lowest BCUT2D eigenvalue weighted by atomic mass is 10.0. The second kappa shape index (κ2) is 6.43. The standard InChI is InChI=1S/C16H11N3O5.2H2O/c20-12(21)4-7-2-1-3-8-9(7)5-11-13(8)18-15(22)14-17-10(16(23)24)6-19(11)14;;/h1-3,6H,4-5H2,(H,18,22)(H,20,21)(H,23,24);2*1H2. The van der Waals surface area contributed by atoms with Crippen LogP contribution in [0.5, 0.6) is 0 Å². The fourth-order valence-electron chi connectivity index (χ4n) is 3.18. The predicted molar refractivity (Wildman–Crippen MR) is 89.6 cm³/mol. The maximum absolute atomic E-state index is 12.2. The van der Waals surface area contributed by atoms with Gasteiger partial charge in [-0.3, -0.25) is 14.0 Å². The van der Waals surface area contributed by atoms with Crippen molar-refractivity contribution in [3.05, 3.63) is 57.3 Å². The van der Waals surface area contributed by atoms with Crippen LogP contribution >= 0.6 is 0 Å². The number of nitrogens with one attached hydrogen (secondary N) is 1. The quantitative estimate of drug-likeness (QED) is 0.431. The number of carbonyl (C=O) groups is 2. The van der Waals surface area contributed by atoms with Crippen molar-refractivity contribution in [1.82, 2.24) is 14.4 Å². The van der Waals surface area contributed by atoms with Gasteiger partial charge in [-0.05, 0) is 11.1 Å². The summed E-state index contributed by atoms with van der Waals surface area (Å²) in [5.74, 6) is -2.15. The van der Waals surface area contributed by atoms with E-state index in [0.29, 0.717) is 23.4 Å². The van der Waals surface area contributed by atoms with E-state index in [0.717, 1.165) is 11.1 Å². The molecule has 0 spiro atoms. The number of carboxylic acids is 2. The lowest BCUT2D eigenvalue weighted by Gasteiger charge is -2.05. The van der Waals surface area contributed by atoms with Crippen LogP contribution in [0.4, 0.5) is 0 Å². The minimum Gasteiger partial charge on any atom is -0.481 e. The number of nitrogens with zero attached hydrogens (tertiary/aromatic N) is 2. The molecule has 0 radical (unpaired) electrons. The number of aromatic amines is 1. The number of imidazole rings is 1. The van der Waals surface area contributed by atoms with Gasteiger partial charge in [-0.25, -0.2) is 9.78 Å². The number of fused-ring (bicyclic) bond motifs is 5. The van der Waals surface area contributed by atoms with E-state index in [4.69, 9.17) is 10.2 Å². The van der Waals surface area contributed by atoms with Gasteiger partial charge in [0.2, 0.25) is 5.65 Å². The summed E-state index contributed by atoms with van der Waals surface area (Å²) in [6, 6.07) is 5.29. The zero-order valence-corrected chi connectivity index (χ0v) is 13.2. The summed E-state index contributed by atoms with van der Waals surface area (Å²) in [4.78, 5) is 41.0. The van der Waals surface area contributed by atoms with Crippen molar-refractivity contribution in [1.29, 1.82) is 0 Å². The Morgan fingerprint density at radius 3 is 2.62 bits per heavy atom.